The predicted octanol–water partition coefficient (Wildman–Crippen LogP) is 2.69. The van der Waals surface area contributed by atoms with E-state index in [9.17, 15) is 13.2 Å². The third-order valence-electron chi connectivity index (χ3n) is 3.74. The molecule has 0 saturated carbocycles. The monoisotopic (exact) mass is 289 g/mol. The van der Waals surface area contributed by atoms with E-state index < -0.39 is 29.1 Å². The molecule has 112 valence electrons. The summed E-state index contributed by atoms with van der Waals surface area (Å²) in [5.41, 5.74) is 5.22. The second-order valence-corrected chi connectivity index (χ2v) is 4.85. The molecular formula is C14H18F3NO2. The van der Waals surface area contributed by atoms with Crippen LogP contribution in [0.3, 0.4) is 0 Å². The molecule has 1 aliphatic heterocycles. The minimum absolute atomic E-state index is 0.0701. The summed E-state index contributed by atoms with van der Waals surface area (Å²) in [6, 6.07) is 1.18. The summed E-state index contributed by atoms with van der Waals surface area (Å²) >= 11 is 0. The highest BCUT2D eigenvalue weighted by molar-refractivity contribution is 5.26. The highest BCUT2D eigenvalue weighted by Gasteiger charge is 2.41. The van der Waals surface area contributed by atoms with Gasteiger partial charge in [-0.1, -0.05) is 6.07 Å². The standard InChI is InChI=1S/C14H18F3NO2/c1-2-20-14(5-7-19-8-6-14)13(18)9-3-4-10(15)12(17)11(9)16/h3-4,13H,2,5-8,18H2,1H3. The zero-order valence-electron chi connectivity index (χ0n) is 11.3. The van der Waals surface area contributed by atoms with E-state index in [1.54, 1.807) is 0 Å². The van der Waals surface area contributed by atoms with Crippen LogP contribution in [0.2, 0.25) is 0 Å². The number of ether oxygens (including phenoxy) is 2. The second-order valence-electron chi connectivity index (χ2n) is 4.85. The average molecular weight is 289 g/mol. The Kier molecular flexibility index (Phi) is 4.67. The predicted molar refractivity (Wildman–Crippen MR) is 67.7 cm³/mol. The number of benzene rings is 1. The third kappa shape index (κ3) is 2.68. The normalized spacial score (nSPS) is 19.9. The maximum atomic E-state index is 13.9. The smallest absolute Gasteiger partial charge is 0.194 e. The molecule has 2 rings (SSSR count). The molecule has 1 unspecified atom stereocenters. The van der Waals surface area contributed by atoms with Crippen LogP contribution in [-0.4, -0.2) is 25.4 Å². The minimum atomic E-state index is -1.50. The Morgan fingerprint density at radius 3 is 2.50 bits per heavy atom. The van der Waals surface area contributed by atoms with Gasteiger partial charge in [0.25, 0.3) is 0 Å². The van der Waals surface area contributed by atoms with E-state index in [1.165, 1.54) is 6.07 Å². The molecule has 0 bridgehead atoms. The van der Waals surface area contributed by atoms with E-state index in [0.717, 1.165) is 6.07 Å². The molecule has 1 atom stereocenters. The topological polar surface area (TPSA) is 44.5 Å². The van der Waals surface area contributed by atoms with Crippen molar-refractivity contribution in [1.82, 2.24) is 0 Å². The molecule has 0 aromatic heterocycles. The van der Waals surface area contributed by atoms with Gasteiger partial charge in [-0.3, -0.25) is 0 Å². The van der Waals surface area contributed by atoms with Crippen LogP contribution in [0.5, 0.6) is 0 Å². The summed E-state index contributed by atoms with van der Waals surface area (Å²) in [5.74, 6) is -3.98. The SMILES string of the molecule is CCOC1(C(N)c2ccc(F)c(F)c2F)CCOCC1. The zero-order valence-corrected chi connectivity index (χ0v) is 11.3. The molecule has 0 amide bonds. The molecule has 1 saturated heterocycles. The number of hydrogen-bond acceptors (Lipinski definition) is 3. The van der Waals surface area contributed by atoms with Crippen molar-refractivity contribution in [3.05, 3.63) is 35.1 Å². The van der Waals surface area contributed by atoms with Gasteiger partial charge in [-0.05, 0) is 13.0 Å². The molecule has 2 N–H and O–H groups in total. The summed E-state index contributed by atoms with van der Waals surface area (Å²) in [6.45, 7) is 3.10. The summed E-state index contributed by atoms with van der Waals surface area (Å²) in [7, 11) is 0. The van der Waals surface area contributed by atoms with Crippen molar-refractivity contribution in [3.63, 3.8) is 0 Å². The van der Waals surface area contributed by atoms with Gasteiger partial charge in [-0.15, -0.1) is 0 Å². The molecule has 0 aliphatic carbocycles. The highest BCUT2D eigenvalue weighted by atomic mass is 19.2. The van der Waals surface area contributed by atoms with Crippen molar-refractivity contribution < 1.29 is 22.6 Å². The Labute approximate surface area is 115 Å². The molecule has 0 radical (unpaired) electrons. The summed E-state index contributed by atoms with van der Waals surface area (Å²) < 4.78 is 51.2. The summed E-state index contributed by atoms with van der Waals surface area (Å²) in [4.78, 5) is 0. The molecule has 1 aliphatic rings. The highest BCUT2D eigenvalue weighted by Crippen LogP contribution is 2.37. The largest absolute Gasteiger partial charge is 0.381 e. The number of halogens is 3. The first-order valence-electron chi connectivity index (χ1n) is 6.62. The van der Waals surface area contributed by atoms with Crippen LogP contribution in [0.4, 0.5) is 13.2 Å². The molecule has 1 heterocycles. The lowest BCUT2D eigenvalue weighted by Crippen LogP contribution is -2.48. The van der Waals surface area contributed by atoms with Crippen molar-refractivity contribution in [2.24, 2.45) is 5.73 Å². The van der Waals surface area contributed by atoms with Gasteiger partial charge in [0.2, 0.25) is 0 Å². The quantitative estimate of drug-likeness (QED) is 0.867. The Balaban J connectivity index is 2.37. The van der Waals surface area contributed by atoms with Crippen LogP contribution in [0.15, 0.2) is 12.1 Å². The van der Waals surface area contributed by atoms with Gasteiger partial charge >= 0.3 is 0 Å². The lowest BCUT2D eigenvalue weighted by molar-refractivity contribution is -0.122. The number of nitrogens with two attached hydrogens (primary N) is 1. The maximum absolute atomic E-state index is 13.9. The first kappa shape index (κ1) is 15.3. The lowest BCUT2D eigenvalue weighted by Gasteiger charge is -2.41. The van der Waals surface area contributed by atoms with Crippen molar-refractivity contribution in [3.8, 4) is 0 Å². The van der Waals surface area contributed by atoms with E-state index in [1.807, 2.05) is 6.92 Å². The van der Waals surface area contributed by atoms with Crippen LogP contribution in [-0.2, 0) is 9.47 Å². The molecule has 1 aromatic carbocycles. The summed E-state index contributed by atoms with van der Waals surface area (Å²) in [6.07, 6.45) is 0.973. The van der Waals surface area contributed by atoms with Crippen LogP contribution >= 0.6 is 0 Å². The van der Waals surface area contributed by atoms with E-state index in [2.05, 4.69) is 0 Å². The van der Waals surface area contributed by atoms with Gasteiger partial charge in [0.1, 0.15) is 0 Å². The fourth-order valence-electron chi connectivity index (χ4n) is 2.61. The second kappa shape index (κ2) is 6.11. The minimum Gasteiger partial charge on any atom is -0.381 e. The van der Waals surface area contributed by atoms with Crippen molar-refractivity contribution in [2.75, 3.05) is 19.8 Å². The molecule has 0 spiro atoms. The zero-order chi connectivity index (χ0) is 14.8. The maximum Gasteiger partial charge on any atom is 0.194 e. The Hall–Kier alpha value is -1.11. The molecule has 1 aromatic rings. The first-order valence-corrected chi connectivity index (χ1v) is 6.62. The van der Waals surface area contributed by atoms with Gasteiger partial charge in [-0.2, -0.15) is 0 Å². The molecule has 3 nitrogen and oxygen atoms in total. The van der Waals surface area contributed by atoms with Gasteiger partial charge in [0.05, 0.1) is 11.6 Å². The molecule has 6 heteroatoms. The van der Waals surface area contributed by atoms with E-state index >= 15 is 0 Å². The van der Waals surface area contributed by atoms with Crippen LogP contribution in [0, 0.1) is 17.5 Å². The molecule has 20 heavy (non-hydrogen) atoms. The summed E-state index contributed by atoms with van der Waals surface area (Å²) in [5, 5.41) is 0. The van der Waals surface area contributed by atoms with Crippen molar-refractivity contribution in [2.45, 2.75) is 31.4 Å². The number of rotatable bonds is 4. The number of hydrogen-bond donors (Lipinski definition) is 1. The van der Waals surface area contributed by atoms with Crippen LogP contribution in [0.25, 0.3) is 0 Å². The van der Waals surface area contributed by atoms with Crippen molar-refractivity contribution >= 4 is 0 Å². The van der Waals surface area contributed by atoms with Gasteiger partial charge in [0, 0.05) is 38.2 Å². The van der Waals surface area contributed by atoms with E-state index in [-0.39, 0.29) is 5.56 Å². The van der Waals surface area contributed by atoms with Gasteiger partial charge in [-0.25, -0.2) is 13.2 Å². The Morgan fingerprint density at radius 1 is 1.25 bits per heavy atom. The van der Waals surface area contributed by atoms with E-state index in [0.29, 0.717) is 32.7 Å². The molecule has 1 fully saturated rings. The Bertz CT molecular complexity index is 470. The fourth-order valence-corrected chi connectivity index (χ4v) is 2.61. The van der Waals surface area contributed by atoms with Crippen molar-refractivity contribution in [1.29, 1.82) is 0 Å². The Morgan fingerprint density at radius 2 is 1.90 bits per heavy atom. The van der Waals surface area contributed by atoms with Crippen LogP contribution < -0.4 is 5.73 Å². The van der Waals surface area contributed by atoms with E-state index in [4.69, 9.17) is 15.2 Å². The third-order valence-corrected chi connectivity index (χ3v) is 3.74. The fraction of sp³-hybridized carbons (Fsp3) is 0.571. The average Bonchev–Trinajstić information content (AvgIpc) is 2.46. The van der Waals surface area contributed by atoms with Gasteiger partial charge < -0.3 is 15.2 Å². The first-order chi connectivity index (χ1) is 9.52. The van der Waals surface area contributed by atoms with Gasteiger partial charge in [0.15, 0.2) is 17.5 Å². The molecular weight excluding hydrogens is 271 g/mol. The van der Waals surface area contributed by atoms with Crippen LogP contribution in [0.1, 0.15) is 31.4 Å². The lowest BCUT2D eigenvalue weighted by atomic mass is 9.82.